The Labute approximate surface area is 111 Å². The van der Waals surface area contributed by atoms with E-state index >= 15 is 0 Å². The van der Waals surface area contributed by atoms with E-state index in [1.165, 1.54) is 19.1 Å². The maximum Gasteiger partial charge on any atom is 0.282 e. The Morgan fingerprint density at radius 3 is 2.53 bits per heavy atom. The van der Waals surface area contributed by atoms with E-state index < -0.39 is 33.7 Å². The van der Waals surface area contributed by atoms with Gasteiger partial charge in [0.05, 0.1) is 10.5 Å². The quantitative estimate of drug-likeness (QED) is 0.361. The maximum absolute atomic E-state index is 12.1. The summed E-state index contributed by atoms with van der Waals surface area (Å²) in [6.07, 6.45) is 0. The highest BCUT2D eigenvalue weighted by molar-refractivity contribution is 6.65. The molecule has 1 aliphatic heterocycles. The Bertz CT molecular complexity index is 628. The molecule has 98 valence electrons. The first-order chi connectivity index (χ1) is 8.86. The van der Waals surface area contributed by atoms with Crippen LogP contribution >= 0.6 is 11.6 Å². The lowest BCUT2D eigenvalue weighted by Crippen LogP contribution is -2.41. The van der Waals surface area contributed by atoms with Gasteiger partial charge in [0.1, 0.15) is 11.6 Å². The highest BCUT2D eigenvalue weighted by Crippen LogP contribution is 2.32. The number of hydrogen-bond donors (Lipinski definition) is 0. The molecule has 8 heteroatoms. The molecule has 0 bridgehead atoms. The third-order valence-electron chi connectivity index (χ3n) is 2.84. The molecule has 0 fully saturated rings. The highest BCUT2D eigenvalue weighted by atomic mass is 35.5. The molecule has 7 nitrogen and oxygen atoms in total. The number of hydrogen-bond acceptors (Lipinski definition) is 5. The van der Waals surface area contributed by atoms with Crippen LogP contribution in [0.25, 0.3) is 0 Å². The highest BCUT2D eigenvalue weighted by Gasteiger charge is 2.44. The average Bonchev–Trinajstić information content (AvgIpc) is 2.61. The van der Waals surface area contributed by atoms with Crippen molar-refractivity contribution in [3.8, 4) is 0 Å². The normalized spacial score (nSPS) is 15.4. The molecule has 1 atom stereocenters. The van der Waals surface area contributed by atoms with Gasteiger partial charge in [0.25, 0.3) is 17.5 Å². The summed E-state index contributed by atoms with van der Waals surface area (Å²) in [7, 11) is 0. The van der Waals surface area contributed by atoms with Crippen LogP contribution in [0.5, 0.6) is 0 Å². The summed E-state index contributed by atoms with van der Waals surface area (Å²) in [6, 6.07) is 2.56. The molecular weight excluding hydrogens is 276 g/mol. The van der Waals surface area contributed by atoms with Gasteiger partial charge in [0, 0.05) is 6.07 Å². The molecule has 0 radical (unpaired) electrons. The number of nitro groups is 1. The Hall–Kier alpha value is -2.28. The van der Waals surface area contributed by atoms with Crippen LogP contribution in [0.2, 0.25) is 0 Å². The van der Waals surface area contributed by atoms with Crippen molar-refractivity contribution in [1.29, 1.82) is 0 Å². The smallest absolute Gasteiger partial charge is 0.279 e. The molecule has 1 heterocycles. The van der Waals surface area contributed by atoms with Crippen LogP contribution in [0.3, 0.4) is 0 Å². The van der Waals surface area contributed by atoms with E-state index in [4.69, 9.17) is 11.6 Å². The second-order valence-corrected chi connectivity index (χ2v) is 4.29. The Balaban J connectivity index is 2.59. The van der Waals surface area contributed by atoms with Crippen molar-refractivity contribution in [3.63, 3.8) is 0 Å². The average molecular weight is 283 g/mol. The minimum absolute atomic E-state index is 0.0935. The van der Waals surface area contributed by atoms with Crippen molar-refractivity contribution in [2.24, 2.45) is 0 Å². The number of amides is 2. The van der Waals surface area contributed by atoms with Crippen molar-refractivity contribution < 1.29 is 19.3 Å². The number of fused-ring (bicyclic) bond motifs is 1. The molecule has 2 rings (SSSR count). The van der Waals surface area contributed by atoms with E-state index in [2.05, 4.69) is 0 Å². The second kappa shape index (κ2) is 4.43. The minimum atomic E-state index is -1.17. The van der Waals surface area contributed by atoms with Gasteiger partial charge in [-0.2, -0.15) is 0 Å². The first kappa shape index (κ1) is 13.2. The van der Waals surface area contributed by atoms with Crippen molar-refractivity contribution in [2.45, 2.75) is 13.0 Å². The number of benzene rings is 1. The number of carbonyl (C=O) groups is 3. The molecule has 1 unspecified atom stereocenters. The SMILES string of the molecule is CC(C(=O)Cl)N1C(=O)c2cccc([N+](=O)[O-])c2C1=O. The van der Waals surface area contributed by atoms with Gasteiger partial charge in [-0.3, -0.25) is 29.4 Å². The summed E-state index contributed by atoms with van der Waals surface area (Å²) < 4.78 is 0. The number of carbonyl (C=O) groups excluding carboxylic acids is 3. The zero-order valence-corrected chi connectivity index (χ0v) is 10.4. The predicted molar refractivity (Wildman–Crippen MR) is 63.9 cm³/mol. The number of nitrogens with zero attached hydrogens (tertiary/aromatic N) is 2. The van der Waals surface area contributed by atoms with E-state index in [0.29, 0.717) is 4.90 Å². The van der Waals surface area contributed by atoms with E-state index in [1.807, 2.05) is 0 Å². The van der Waals surface area contributed by atoms with E-state index in [9.17, 15) is 24.5 Å². The number of imide groups is 1. The van der Waals surface area contributed by atoms with Gasteiger partial charge in [-0.25, -0.2) is 0 Å². The molecule has 0 N–H and O–H groups in total. The van der Waals surface area contributed by atoms with Gasteiger partial charge >= 0.3 is 0 Å². The second-order valence-electron chi connectivity index (χ2n) is 3.92. The third kappa shape index (κ3) is 1.88. The molecule has 0 saturated heterocycles. The van der Waals surface area contributed by atoms with Crippen LogP contribution in [0.15, 0.2) is 18.2 Å². The van der Waals surface area contributed by atoms with E-state index in [1.54, 1.807) is 0 Å². The number of rotatable bonds is 3. The zero-order valence-electron chi connectivity index (χ0n) is 9.62. The lowest BCUT2D eigenvalue weighted by molar-refractivity contribution is -0.385. The summed E-state index contributed by atoms with van der Waals surface area (Å²) in [4.78, 5) is 45.9. The molecule has 0 saturated carbocycles. The molecular formula is C11H7ClN2O5. The van der Waals surface area contributed by atoms with Gasteiger partial charge in [0.2, 0.25) is 5.24 Å². The molecule has 0 spiro atoms. The van der Waals surface area contributed by atoms with Crippen molar-refractivity contribution in [2.75, 3.05) is 0 Å². The summed E-state index contributed by atoms with van der Waals surface area (Å²) in [6.45, 7) is 1.28. The van der Waals surface area contributed by atoms with Crippen LogP contribution in [0.4, 0.5) is 5.69 Å². The van der Waals surface area contributed by atoms with Gasteiger partial charge in [-0.1, -0.05) is 6.07 Å². The standard InChI is InChI=1S/C11H7ClN2O5/c1-5(9(12)15)13-10(16)6-3-2-4-7(14(18)19)8(6)11(13)17/h2-5H,1H3. The number of halogens is 1. The first-order valence-corrected chi connectivity index (χ1v) is 5.58. The van der Waals surface area contributed by atoms with Crippen molar-refractivity contribution >= 4 is 34.3 Å². The molecule has 19 heavy (non-hydrogen) atoms. The summed E-state index contributed by atoms with van der Waals surface area (Å²) in [5.74, 6) is -1.64. The fourth-order valence-corrected chi connectivity index (χ4v) is 1.99. The monoisotopic (exact) mass is 282 g/mol. The third-order valence-corrected chi connectivity index (χ3v) is 3.15. The van der Waals surface area contributed by atoms with E-state index in [-0.39, 0.29) is 11.1 Å². The minimum Gasteiger partial charge on any atom is -0.279 e. The molecule has 0 aliphatic carbocycles. The largest absolute Gasteiger partial charge is 0.282 e. The van der Waals surface area contributed by atoms with Gasteiger partial charge in [0.15, 0.2) is 0 Å². The fraction of sp³-hybridized carbons (Fsp3) is 0.182. The van der Waals surface area contributed by atoms with Crippen LogP contribution in [0, 0.1) is 10.1 Å². The molecule has 2 amide bonds. The fourth-order valence-electron chi connectivity index (χ4n) is 1.89. The van der Waals surface area contributed by atoms with Crippen LogP contribution in [0.1, 0.15) is 27.6 Å². The Kier molecular flexibility index (Phi) is 3.07. The lowest BCUT2D eigenvalue weighted by Gasteiger charge is -2.18. The van der Waals surface area contributed by atoms with Gasteiger partial charge < -0.3 is 0 Å². The van der Waals surface area contributed by atoms with Gasteiger partial charge in [-0.15, -0.1) is 0 Å². The Morgan fingerprint density at radius 2 is 2.00 bits per heavy atom. The van der Waals surface area contributed by atoms with Gasteiger partial charge in [-0.05, 0) is 24.6 Å². The molecule has 1 aromatic carbocycles. The van der Waals surface area contributed by atoms with Crippen molar-refractivity contribution in [1.82, 2.24) is 4.90 Å². The Morgan fingerprint density at radius 1 is 1.37 bits per heavy atom. The molecule has 1 aromatic rings. The van der Waals surface area contributed by atoms with Crippen LogP contribution in [-0.2, 0) is 4.79 Å². The lowest BCUT2D eigenvalue weighted by atomic mass is 10.1. The van der Waals surface area contributed by atoms with Crippen molar-refractivity contribution in [3.05, 3.63) is 39.4 Å². The topological polar surface area (TPSA) is 97.6 Å². The molecule has 1 aliphatic rings. The number of nitro benzene ring substituents is 1. The maximum atomic E-state index is 12.1. The van der Waals surface area contributed by atoms with Crippen LogP contribution in [-0.4, -0.2) is 32.9 Å². The van der Waals surface area contributed by atoms with E-state index in [0.717, 1.165) is 6.07 Å². The predicted octanol–water partition coefficient (Wildman–Crippen LogP) is 1.34. The summed E-state index contributed by atoms with van der Waals surface area (Å²) in [5, 5.41) is 9.96. The first-order valence-electron chi connectivity index (χ1n) is 5.21. The molecule has 0 aromatic heterocycles. The summed E-state index contributed by atoms with van der Waals surface area (Å²) in [5.41, 5.74) is -0.862. The zero-order chi connectivity index (χ0) is 14.3. The summed E-state index contributed by atoms with van der Waals surface area (Å²) >= 11 is 5.27. The van der Waals surface area contributed by atoms with Crippen LogP contribution < -0.4 is 0 Å².